The van der Waals surface area contributed by atoms with E-state index in [-0.39, 0.29) is 19.4 Å². The van der Waals surface area contributed by atoms with Gasteiger partial charge in [0, 0.05) is 38.2 Å². The Morgan fingerprint density at radius 3 is 2.60 bits per heavy atom. The SMILES string of the molecule is Cn1cc(CNC(=O)NC(=O)CCCCC(=O)O)cn1. The first kappa shape index (κ1) is 15.7. The summed E-state index contributed by atoms with van der Waals surface area (Å²) in [5.74, 6) is -1.31. The third-order valence-electron chi connectivity index (χ3n) is 2.51. The number of aryl methyl sites for hydroxylation is 1. The number of imide groups is 1. The molecule has 0 fully saturated rings. The van der Waals surface area contributed by atoms with Gasteiger partial charge in [-0.3, -0.25) is 19.6 Å². The topological polar surface area (TPSA) is 113 Å². The molecule has 0 saturated heterocycles. The molecule has 0 aliphatic carbocycles. The van der Waals surface area contributed by atoms with Gasteiger partial charge < -0.3 is 10.4 Å². The molecule has 0 aliphatic rings. The van der Waals surface area contributed by atoms with E-state index in [2.05, 4.69) is 15.7 Å². The van der Waals surface area contributed by atoms with E-state index in [0.29, 0.717) is 12.8 Å². The predicted octanol–water partition coefficient (Wildman–Crippen LogP) is 0.391. The summed E-state index contributed by atoms with van der Waals surface area (Å²) in [5, 5.41) is 17.1. The van der Waals surface area contributed by atoms with E-state index >= 15 is 0 Å². The molecule has 1 aromatic rings. The molecule has 0 aromatic carbocycles. The van der Waals surface area contributed by atoms with Crippen molar-refractivity contribution in [3.05, 3.63) is 18.0 Å². The number of hydrogen-bond acceptors (Lipinski definition) is 4. The zero-order valence-electron chi connectivity index (χ0n) is 11.3. The van der Waals surface area contributed by atoms with Gasteiger partial charge in [0.2, 0.25) is 5.91 Å². The van der Waals surface area contributed by atoms with E-state index < -0.39 is 17.9 Å². The van der Waals surface area contributed by atoms with Crippen molar-refractivity contribution < 1.29 is 19.5 Å². The fourth-order valence-electron chi connectivity index (χ4n) is 1.54. The molecule has 0 atom stereocenters. The van der Waals surface area contributed by atoms with Gasteiger partial charge in [-0.15, -0.1) is 0 Å². The number of urea groups is 1. The van der Waals surface area contributed by atoms with Crippen molar-refractivity contribution in [2.45, 2.75) is 32.2 Å². The second kappa shape index (κ2) is 7.93. The minimum Gasteiger partial charge on any atom is -0.481 e. The first-order valence-corrected chi connectivity index (χ1v) is 6.24. The number of nitrogens with zero attached hydrogens (tertiary/aromatic N) is 2. The van der Waals surface area contributed by atoms with Crippen LogP contribution < -0.4 is 10.6 Å². The lowest BCUT2D eigenvalue weighted by Gasteiger charge is -2.05. The Labute approximate surface area is 116 Å². The number of carboxylic acids is 1. The van der Waals surface area contributed by atoms with Crippen LogP contribution in [0.4, 0.5) is 4.79 Å². The molecule has 3 N–H and O–H groups in total. The Balaban J connectivity index is 2.14. The van der Waals surface area contributed by atoms with Crippen LogP contribution in [0.2, 0.25) is 0 Å². The molecule has 8 nitrogen and oxygen atoms in total. The number of amides is 3. The van der Waals surface area contributed by atoms with Gasteiger partial charge in [0.05, 0.1) is 6.20 Å². The molecule has 20 heavy (non-hydrogen) atoms. The summed E-state index contributed by atoms with van der Waals surface area (Å²) >= 11 is 0. The molecule has 110 valence electrons. The van der Waals surface area contributed by atoms with Crippen LogP contribution >= 0.6 is 0 Å². The molecule has 0 spiro atoms. The van der Waals surface area contributed by atoms with E-state index in [1.54, 1.807) is 24.1 Å². The number of aromatic nitrogens is 2. The molecular weight excluding hydrogens is 264 g/mol. The number of rotatable bonds is 7. The second-order valence-electron chi connectivity index (χ2n) is 4.35. The summed E-state index contributed by atoms with van der Waals surface area (Å²) in [6.45, 7) is 0.284. The number of nitrogens with one attached hydrogen (secondary N) is 2. The van der Waals surface area contributed by atoms with Gasteiger partial charge in [-0.2, -0.15) is 5.10 Å². The maximum absolute atomic E-state index is 11.4. The normalized spacial score (nSPS) is 10.1. The summed E-state index contributed by atoms with van der Waals surface area (Å²) in [6, 6.07) is -0.572. The quantitative estimate of drug-likeness (QED) is 0.626. The van der Waals surface area contributed by atoms with E-state index in [1.165, 1.54) is 0 Å². The van der Waals surface area contributed by atoms with Gasteiger partial charge >= 0.3 is 12.0 Å². The highest BCUT2D eigenvalue weighted by atomic mass is 16.4. The van der Waals surface area contributed by atoms with Gasteiger partial charge in [-0.1, -0.05) is 0 Å². The van der Waals surface area contributed by atoms with Crippen molar-refractivity contribution in [1.82, 2.24) is 20.4 Å². The molecule has 0 radical (unpaired) electrons. The van der Waals surface area contributed by atoms with Crippen molar-refractivity contribution in [1.29, 1.82) is 0 Å². The summed E-state index contributed by atoms with van der Waals surface area (Å²) in [5.41, 5.74) is 0.830. The average Bonchev–Trinajstić information content (AvgIpc) is 2.78. The number of aliphatic carboxylic acids is 1. The van der Waals surface area contributed by atoms with E-state index in [9.17, 15) is 14.4 Å². The van der Waals surface area contributed by atoms with Crippen molar-refractivity contribution in [3.63, 3.8) is 0 Å². The minimum atomic E-state index is -0.889. The number of hydrogen-bond donors (Lipinski definition) is 3. The van der Waals surface area contributed by atoms with E-state index in [1.807, 2.05) is 0 Å². The van der Waals surface area contributed by atoms with Crippen LogP contribution in [-0.4, -0.2) is 32.8 Å². The Morgan fingerprint density at radius 2 is 2.00 bits per heavy atom. The largest absolute Gasteiger partial charge is 0.481 e. The lowest BCUT2D eigenvalue weighted by atomic mass is 10.2. The van der Waals surface area contributed by atoms with Crippen LogP contribution in [0.15, 0.2) is 12.4 Å². The predicted molar refractivity (Wildman–Crippen MR) is 69.7 cm³/mol. The Morgan fingerprint density at radius 1 is 1.30 bits per heavy atom. The Kier molecular flexibility index (Phi) is 6.21. The zero-order valence-corrected chi connectivity index (χ0v) is 11.3. The highest BCUT2D eigenvalue weighted by Crippen LogP contribution is 1.99. The highest BCUT2D eigenvalue weighted by molar-refractivity contribution is 5.94. The van der Waals surface area contributed by atoms with Crippen molar-refractivity contribution >= 4 is 17.9 Å². The fraction of sp³-hybridized carbons (Fsp3) is 0.500. The first-order valence-electron chi connectivity index (χ1n) is 6.24. The Bertz CT molecular complexity index is 484. The molecule has 0 aliphatic heterocycles. The van der Waals surface area contributed by atoms with Crippen molar-refractivity contribution in [2.24, 2.45) is 7.05 Å². The zero-order chi connectivity index (χ0) is 15.0. The lowest BCUT2D eigenvalue weighted by molar-refractivity contribution is -0.137. The number of carbonyl (C=O) groups is 3. The van der Waals surface area contributed by atoms with E-state index in [4.69, 9.17) is 5.11 Å². The summed E-state index contributed by atoms with van der Waals surface area (Å²) < 4.78 is 1.61. The average molecular weight is 282 g/mol. The van der Waals surface area contributed by atoms with Gasteiger partial charge in [-0.25, -0.2) is 4.79 Å². The van der Waals surface area contributed by atoms with Crippen molar-refractivity contribution in [3.8, 4) is 0 Å². The maximum atomic E-state index is 11.4. The van der Waals surface area contributed by atoms with Crippen LogP contribution in [0, 0.1) is 0 Å². The molecule has 0 unspecified atom stereocenters. The molecular formula is C12H18N4O4. The minimum absolute atomic E-state index is 0.0283. The first-order chi connectivity index (χ1) is 9.47. The highest BCUT2D eigenvalue weighted by Gasteiger charge is 2.08. The van der Waals surface area contributed by atoms with Crippen molar-refractivity contribution in [2.75, 3.05) is 0 Å². The number of carboxylic acid groups (broad SMARTS) is 1. The van der Waals surface area contributed by atoms with E-state index in [0.717, 1.165) is 5.56 Å². The standard InChI is InChI=1S/C12H18N4O4/c1-16-8-9(7-14-16)6-13-12(20)15-10(17)4-2-3-5-11(18)19/h7-8H,2-6H2,1H3,(H,18,19)(H2,13,15,17,20). The molecule has 3 amide bonds. The third kappa shape index (κ3) is 6.53. The molecule has 0 bridgehead atoms. The van der Waals surface area contributed by atoms with Gasteiger partial charge in [-0.05, 0) is 12.8 Å². The van der Waals surface area contributed by atoms with Gasteiger partial charge in [0.15, 0.2) is 0 Å². The van der Waals surface area contributed by atoms with Crippen LogP contribution in [0.5, 0.6) is 0 Å². The summed E-state index contributed by atoms with van der Waals surface area (Å²) in [6.07, 6.45) is 4.39. The summed E-state index contributed by atoms with van der Waals surface area (Å²) in [4.78, 5) is 33.1. The fourth-order valence-corrected chi connectivity index (χ4v) is 1.54. The van der Waals surface area contributed by atoms with Gasteiger partial charge in [0.25, 0.3) is 0 Å². The maximum Gasteiger partial charge on any atom is 0.321 e. The molecule has 0 saturated carbocycles. The van der Waals surface area contributed by atoms with Crippen LogP contribution in [0.1, 0.15) is 31.2 Å². The Hall–Kier alpha value is -2.38. The van der Waals surface area contributed by atoms with Gasteiger partial charge in [0.1, 0.15) is 0 Å². The summed E-state index contributed by atoms with van der Waals surface area (Å²) in [7, 11) is 1.77. The smallest absolute Gasteiger partial charge is 0.321 e. The lowest BCUT2D eigenvalue weighted by Crippen LogP contribution is -2.38. The third-order valence-corrected chi connectivity index (χ3v) is 2.51. The molecule has 1 aromatic heterocycles. The molecule has 8 heteroatoms. The second-order valence-corrected chi connectivity index (χ2v) is 4.35. The number of unbranched alkanes of at least 4 members (excludes halogenated alkanes) is 1. The molecule has 1 heterocycles. The van der Waals surface area contributed by atoms with Crippen LogP contribution in [0.25, 0.3) is 0 Å². The molecule has 1 rings (SSSR count). The number of carbonyl (C=O) groups excluding carboxylic acids is 2. The van der Waals surface area contributed by atoms with Crippen LogP contribution in [-0.2, 0) is 23.2 Å². The van der Waals surface area contributed by atoms with Crippen LogP contribution in [0.3, 0.4) is 0 Å². The monoisotopic (exact) mass is 282 g/mol.